The lowest BCUT2D eigenvalue weighted by Gasteiger charge is -2.37. The van der Waals surface area contributed by atoms with Gasteiger partial charge < -0.3 is 9.80 Å². The molecule has 0 saturated carbocycles. The molecule has 1 aliphatic rings. The summed E-state index contributed by atoms with van der Waals surface area (Å²) >= 11 is 7.85. The third kappa shape index (κ3) is 5.43. The SMILES string of the molecule is Cc1cc(C)cc(CSCC(=O)N2CCN(c3cc(Cl)ccc3C)CC2)c1. The summed E-state index contributed by atoms with van der Waals surface area (Å²) in [5.74, 6) is 1.67. The van der Waals surface area contributed by atoms with Crippen LogP contribution in [0.4, 0.5) is 5.69 Å². The van der Waals surface area contributed by atoms with Crippen molar-refractivity contribution in [3.05, 3.63) is 63.7 Å². The van der Waals surface area contributed by atoms with Gasteiger partial charge in [0.15, 0.2) is 0 Å². The number of anilines is 1. The van der Waals surface area contributed by atoms with Gasteiger partial charge in [0, 0.05) is 42.6 Å². The molecule has 1 fully saturated rings. The summed E-state index contributed by atoms with van der Waals surface area (Å²) in [6, 6.07) is 12.6. The minimum Gasteiger partial charge on any atom is -0.368 e. The second kappa shape index (κ2) is 9.03. The Morgan fingerprint density at radius 1 is 1.00 bits per heavy atom. The Balaban J connectivity index is 1.47. The van der Waals surface area contributed by atoms with Crippen molar-refractivity contribution >= 4 is 35.0 Å². The van der Waals surface area contributed by atoms with Crippen molar-refractivity contribution < 1.29 is 4.79 Å². The van der Waals surface area contributed by atoms with Gasteiger partial charge in [0.2, 0.25) is 5.91 Å². The Morgan fingerprint density at radius 2 is 1.67 bits per heavy atom. The maximum absolute atomic E-state index is 12.6. The van der Waals surface area contributed by atoms with E-state index in [9.17, 15) is 4.79 Å². The van der Waals surface area contributed by atoms with Crippen molar-refractivity contribution in [2.75, 3.05) is 36.8 Å². The summed E-state index contributed by atoms with van der Waals surface area (Å²) in [5, 5.41) is 0.761. The second-order valence-corrected chi connectivity index (χ2v) is 8.71. The lowest BCUT2D eigenvalue weighted by molar-refractivity contribution is -0.128. The molecule has 27 heavy (non-hydrogen) atoms. The van der Waals surface area contributed by atoms with Gasteiger partial charge in [-0.05, 0) is 44.0 Å². The van der Waals surface area contributed by atoms with Gasteiger partial charge in [-0.2, -0.15) is 0 Å². The minimum atomic E-state index is 0.242. The van der Waals surface area contributed by atoms with Gasteiger partial charge in [-0.25, -0.2) is 0 Å². The summed E-state index contributed by atoms with van der Waals surface area (Å²) in [5.41, 5.74) is 6.27. The first-order valence-electron chi connectivity index (χ1n) is 9.36. The highest BCUT2D eigenvalue weighted by Crippen LogP contribution is 2.25. The van der Waals surface area contributed by atoms with Crippen LogP contribution in [0.15, 0.2) is 36.4 Å². The molecule has 2 aromatic carbocycles. The minimum absolute atomic E-state index is 0.242. The maximum atomic E-state index is 12.6. The molecule has 3 rings (SSSR count). The highest BCUT2D eigenvalue weighted by atomic mass is 35.5. The van der Waals surface area contributed by atoms with E-state index in [1.54, 1.807) is 11.8 Å². The van der Waals surface area contributed by atoms with Crippen molar-refractivity contribution in [3.63, 3.8) is 0 Å². The quantitative estimate of drug-likeness (QED) is 0.714. The van der Waals surface area contributed by atoms with Gasteiger partial charge >= 0.3 is 0 Å². The first-order chi connectivity index (χ1) is 12.9. The van der Waals surface area contributed by atoms with Crippen LogP contribution in [-0.2, 0) is 10.5 Å². The third-order valence-electron chi connectivity index (χ3n) is 4.92. The fourth-order valence-corrected chi connectivity index (χ4v) is 4.65. The summed E-state index contributed by atoms with van der Waals surface area (Å²) in [6.07, 6.45) is 0. The zero-order valence-corrected chi connectivity index (χ0v) is 17.9. The van der Waals surface area contributed by atoms with Crippen molar-refractivity contribution in [1.82, 2.24) is 4.90 Å². The number of benzene rings is 2. The van der Waals surface area contributed by atoms with Gasteiger partial charge in [0.05, 0.1) is 5.75 Å². The smallest absolute Gasteiger partial charge is 0.232 e. The first kappa shape index (κ1) is 20.1. The van der Waals surface area contributed by atoms with Gasteiger partial charge in [-0.1, -0.05) is 47.0 Å². The summed E-state index contributed by atoms with van der Waals surface area (Å²) in [7, 11) is 0. The maximum Gasteiger partial charge on any atom is 0.232 e. The van der Waals surface area contributed by atoms with Crippen molar-refractivity contribution in [1.29, 1.82) is 0 Å². The molecule has 0 unspecified atom stereocenters. The number of carbonyl (C=O) groups excluding carboxylic acids is 1. The Kier molecular flexibility index (Phi) is 6.72. The largest absolute Gasteiger partial charge is 0.368 e. The zero-order chi connectivity index (χ0) is 19.4. The molecule has 0 radical (unpaired) electrons. The molecule has 0 aromatic heterocycles. The number of hydrogen-bond donors (Lipinski definition) is 0. The van der Waals surface area contributed by atoms with E-state index in [1.165, 1.54) is 27.9 Å². The summed E-state index contributed by atoms with van der Waals surface area (Å²) in [6.45, 7) is 9.60. The number of hydrogen-bond acceptors (Lipinski definition) is 3. The number of piperazine rings is 1. The van der Waals surface area contributed by atoms with E-state index in [0.717, 1.165) is 37.0 Å². The standard InChI is InChI=1S/C22H27ClN2OS/c1-16-10-17(2)12-19(11-16)14-27-15-22(26)25-8-6-24(7-9-25)21-13-20(23)5-4-18(21)3/h4-5,10-13H,6-9,14-15H2,1-3H3. The topological polar surface area (TPSA) is 23.6 Å². The molecule has 144 valence electrons. The molecule has 0 aliphatic carbocycles. The molecule has 1 amide bonds. The van der Waals surface area contributed by atoms with Gasteiger partial charge in [0.1, 0.15) is 0 Å². The number of carbonyl (C=O) groups is 1. The zero-order valence-electron chi connectivity index (χ0n) is 16.3. The third-order valence-corrected chi connectivity index (χ3v) is 6.14. The van der Waals surface area contributed by atoms with Gasteiger partial charge in [-0.3, -0.25) is 4.79 Å². The second-order valence-electron chi connectivity index (χ2n) is 7.29. The summed E-state index contributed by atoms with van der Waals surface area (Å²) in [4.78, 5) is 16.9. The monoisotopic (exact) mass is 402 g/mol. The van der Waals surface area contributed by atoms with E-state index in [4.69, 9.17) is 11.6 Å². The number of rotatable bonds is 5. The number of aryl methyl sites for hydroxylation is 3. The Hall–Kier alpha value is -1.65. The predicted molar refractivity (Wildman–Crippen MR) is 117 cm³/mol. The Morgan fingerprint density at radius 3 is 2.33 bits per heavy atom. The molecule has 2 aromatic rings. The molecule has 1 heterocycles. The van der Waals surface area contributed by atoms with E-state index >= 15 is 0 Å². The van der Waals surface area contributed by atoms with Crippen LogP contribution in [0.25, 0.3) is 0 Å². The first-order valence-corrected chi connectivity index (χ1v) is 10.9. The van der Waals surface area contributed by atoms with Crippen LogP contribution in [0.5, 0.6) is 0 Å². The van der Waals surface area contributed by atoms with Crippen LogP contribution in [-0.4, -0.2) is 42.7 Å². The summed E-state index contributed by atoms with van der Waals surface area (Å²) < 4.78 is 0. The molecule has 3 nitrogen and oxygen atoms in total. The van der Waals surface area contributed by atoms with E-state index < -0.39 is 0 Å². The molecule has 0 bridgehead atoms. The lowest BCUT2D eigenvalue weighted by Crippen LogP contribution is -2.49. The number of amides is 1. The highest BCUT2D eigenvalue weighted by molar-refractivity contribution is 7.99. The Labute approximate surface area is 171 Å². The fraction of sp³-hybridized carbons (Fsp3) is 0.409. The van der Waals surface area contributed by atoms with Crippen molar-refractivity contribution in [2.24, 2.45) is 0 Å². The molecule has 1 aliphatic heterocycles. The van der Waals surface area contributed by atoms with Crippen LogP contribution in [0.2, 0.25) is 5.02 Å². The van der Waals surface area contributed by atoms with Crippen molar-refractivity contribution in [3.8, 4) is 0 Å². The molecule has 0 spiro atoms. The molecular weight excluding hydrogens is 376 g/mol. The number of thioether (sulfide) groups is 1. The van der Waals surface area contributed by atoms with Gasteiger partial charge in [0.25, 0.3) is 0 Å². The van der Waals surface area contributed by atoms with Crippen LogP contribution in [0.1, 0.15) is 22.3 Å². The molecule has 1 saturated heterocycles. The average Bonchev–Trinajstić information content (AvgIpc) is 2.63. The lowest BCUT2D eigenvalue weighted by atomic mass is 10.1. The number of halogens is 1. The Bertz CT molecular complexity index is 796. The fourth-order valence-electron chi connectivity index (χ4n) is 3.62. The van der Waals surface area contributed by atoms with Crippen LogP contribution >= 0.6 is 23.4 Å². The molecular formula is C22H27ClN2OS. The highest BCUT2D eigenvalue weighted by Gasteiger charge is 2.22. The van der Waals surface area contributed by atoms with Crippen LogP contribution in [0.3, 0.4) is 0 Å². The van der Waals surface area contributed by atoms with Crippen LogP contribution < -0.4 is 4.90 Å². The van der Waals surface area contributed by atoms with Gasteiger partial charge in [-0.15, -0.1) is 11.8 Å². The van der Waals surface area contributed by atoms with E-state index in [2.05, 4.69) is 49.9 Å². The van der Waals surface area contributed by atoms with Crippen molar-refractivity contribution in [2.45, 2.75) is 26.5 Å². The van der Waals surface area contributed by atoms with Crippen LogP contribution in [0, 0.1) is 20.8 Å². The molecule has 0 atom stereocenters. The molecule has 0 N–H and O–H groups in total. The van der Waals surface area contributed by atoms with E-state index in [1.807, 2.05) is 17.0 Å². The normalized spacial score (nSPS) is 14.5. The average molecular weight is 403 g/mol. The van der Waals surface area contributed by atoms with E-state index in [0.29, 0.717) is 5.75 Å². The predicted octanol–water partition coefficient (Wildman–Crippen LogP) is 4.85. The number of nitrogens with zero attached hydrogens (tertiary/aromatic N) is 2. The molecule has 5 heteroatoms. The van der Waals surface area contributed by atoms with E-state index in [-0.39, 0.29) is 5.91 Å².